The van der Waals surface area contributed by atoms with Crippen molar-refractivity contribution in [2.75, 3.05) is 31.7 Å². The number of thioether (sulfide) groups is 1. The predicted octanol–water partition coefficient (Wildman–Crippen LogP) is 2.94. The third-order valence-corrected chi connectivity index (χ3v) is 4.53. The highest BCUT2D eigenvalue weighted by atomic mass is 32.2. The van der Waals surface area contributed by atoms with Crippen LogP contribution in [0.5, 0.6) is 5.75 Å². The summed E-state index contributed by atoms with van der Waals surface area (Å²) >= 11 is 1.89. The number of amides is 1. The summed E-state index contributed by atoms with van der Waals surface area (Å²) in [6.07, 6.45) is 0. The van der Waals surface area contributed by atoms with E-state index in [0.29, 0.717) is 11.3 Å². The van der Waals surface area contributed by atoms with Crippen LogP contribution in [0.1, 0.15) is 16.1 Å². The van der Waals surface area contributed by atoms with Gasteiger partial charge in [-0.3, -0.25) is 4.79 Å². The average molecular weight is 291 g/mol. The molecule has 2 aromatic rings. The minimum atomic E-state index is 0.0646. The van der Waals surface area contributed by atoms with Gasteiger partial charge in [0, 0.05) is 30.0 Å². The van der Waals surface area contributed by atoms with Crippen molar-refractivity contribution < 1.29 is 13.9 Å². The van der Waals surface area contributed by atoms with Crippen LogP contribution in [0, 0.1) is 6.92 Å². The molecule has 0 N–H and O–H groups in total. The molecule has 0 unspecified atom stereocenters. The van der Waals surface area contributed by atoms with Gasteiger partial charge in [0.2, 0.25) is 0 Å². The fourth-order valence-corrected chi connectivity index (χ4v) is 3.42. The number of fused-ring (bicyclic) bond motifs is 1. The lowest BCUT2D eigenvalue weighted by molar-refractivity contribution is 0.0772. The number of hydrogen-bond donors (Lipinski definition) is 0. The Morgan fingerprint density at radius 3 is 2.80 bits per heavy atom. The summed E-state index contributed by atoms with van der Waals surface area (Å²) in [6.45, 7) is 3.46. The molecule has 0 aliphatic carbocycles. The van der Waals surface area contributed by atoms with Crippen LogP contribution in [-0.2, 0) is 0 Å². The molecular formula is C15H17NO3S. The van der Waals surface area contributed by atoms with Crippen LogP contribution in [-0.4, -0.2) is 42.5 Å². The summed E-state index contributed by atoms with van der Waals surface area (Å²) in [7, 11) is 1.62. The Balaban J connectivity index is 2.04. The first kappa shape index (κ1) is 13.4. The molecule has 20 heavy (non-hydrogen) atoms. The predicted molar refractivity (Wildman–Crippen MR) is 80.7 cm³/mol. The maximum Gasteiger partial charge on any atom is 0.258 e. The van der Waals surface area contributed by atoms with Gasteiger partial charge in [-0.25, -0.2) is 0 Å². The molecule has 1 saturated heterocycles. The second-order valence-corrected chi connectivity index (χ2v) is 6.02. The first-order valence-electron chi connectivity index (χ1n) is 6.65. The molecule has 0 atom stereocenters. The number of benzene rings is 1. The molecule has 3 rings (SSSR count). The molecule has 5 heteroatoms. The van der Waals surface area contributed by atoms with Crippen molar-refractivity contribution in [1.82, 2.24) is 4.90 Å². The monoisotopic (exact) mass is 291 g/mol. The Bertz CT molecular complexity index is 644. The molecule has 1 aromatic carbocycles. The number of rotatable bonds is 2. The zero-order valence-electron chi connectivity index (χ0n) is 11.6. The Morgan fingerprint density at radius 1 is 1.35 bits per heavy atom. The number of carbonyl (C=O) groups is 1. The van der Waals surface area contributed by atoms with Gasteiger partial charge in [0.25, 0.3) is 5.91 Å². The number of furan rings is 1. The van der Waals surface area contributed by atoms with Crippen LogP contribution >= 0.6 is 11.8 Å². The van der Waals surface area contributed by atoms with E-state index in [1.165, 1.54) is 0 Å². The molecule has 0 spiro atoms. The SMILES string of the molecule is COc1ccc2oc(C)c(C(=O)N3CCSCC3)c2c1. The summed E-state index contributed by atoms with van der Waals surface area (Å²) in [5.41, 5.74) is 1.41. The molecule has 0 saturated carbocycles. The van der Waals surface area contributed by atoms with Crippen LogP contribution in [0.15, 0.2) is 22.6 Å². The van der Waals surface area contributed by atoms with Crippen molar-refractivity contribution in [3.63, 3.8) is 0 Å². The molecule has 0 radical (unpaired) electrons. The van der Waals surface area contributed by atoms with Crippen molar-refractivity contribution in [3.05, 3.63) is 29.5 Å². The van der Waals surface area contributed by atoms with Crippen LogP contribution in [0.3, 0.4) is 0 Å². The number of carbonyl (C=O) groups excluding carboxylic acids is 1. The maximum atomic E-state index is 12.7. The minimum absolute atomic E-state index is 0.0646. The summed E-state index contributed by atoms with van der Waals surface area (Å²) in [6, 6.07) is 5.57. The third-order valence-electron chi connectivity index (χ3n) is 3.58. The van der Waals surface area contributed by atoms with Gasteiger partial charge in [-0.2, -0.15) is 11.8 Å². The van der Waals surface area contributed by atoms with Gasteiger partial charge >= 0.3 is 0 Å². The van der Waals surface area contributed by atoms with Gasteiger partial charge in [0.05, 0.1) is 12.7 Å². The van der Waals surface area contributed by atoms with E-state index in [2.05, 4.69) is 0 Å². The van der Waals surface area contributed by atoms with Crippen molar-refractivity contribution >= 4 is 28.6 Å². The zero-order valence-corrected chi connectivity index (χ0v) is 12.5. The first-order chi connectivity index (χ1) is 9.70. The Morgan fingerprint density at radius 2 is 2.10 bits per heavy atom. The van der Waals surface area contributed by atoms with E-state index >= 15 is 0 Å². The van der Waals surface area contributed by atoms with Gasteiger partial charge in [-0.1, -0.05) is 0 Å². The zero-order chi connectivity index (χ0) is 14.1. The minimum Gasteiger partial charge on any atom is -0.497 e. The highest BCUT2D eigenvalue weighted by Crippen LogP contribution is 2.30. The number of ether oxygens (including phenoxy) is 1. The van der Waals surface area contributed by atoms with Gasteiger partial charge in [-0.15, -0.1) is 0 Å². The van der Waals surface area contributed by atoms with E-state index in [4.69, 9.17) is 9.15 Å². The summed E-state index contributed by atoms with van der Waals surface area (Å²) < 4.78 is 10.9. The Labute approximate surface area is 122 Å². The van der Waals surface area contributed by atoms with Gasteiger partial charge in [0.15, 0.2) is 0 Å². The van der Waals surface area contributed by atoms with Crippen LogP contribution in [0.25, 0.3) is 11.0 Å². The van der Waals surface area contributed by atoms with E-state index < -0.39 is 0 Å². The van der Waals surface area contributed by atoms with E-state index in [0.717, 1.165) is 41.3 Å². The second-order valence-electron chi connectivity index (χ2n) is 4.80. The quantitative estimate of drug-likeness (QED) is 0.853. The van der Waals surface area contributed by atoms with Crippen LogP contribution in [0.4, 0.5) is 0 Å². The van der Waals surface area contributed by atoms with Crippen molar-refractivity contribution in [2.24, 2.45) is 0 Å². The second kappa shape index (κ2) is 5.40. The first-order valence-corrected chi connectivity index (χ1v) is 7.80. The van der Waals surface area contributed by atoms with Crippen molar-refractivity contribution in [3.8, 4) is 5.75 Å². The van der Waals surface area contributed by atoms with Gasteiger partial charge in [0.1, 0.15) is 17.1 Å². The van der Waals surface area contributed by atoms with Crippen molar-refractivity contribution in [1.29, 1.82) is 0 Å². The van der Waals surface area contributed by atoms with Crippen molar-refractivity contribution in [2.45, 2.75) is 6.92 Å². The number of methoxy groups -OCH3 is 1. The number of hydrogen-bond acceptors (Lipinski definition) is 4. The molecule has 1 aromatic heterocycles. The Hall–Kier alpha value is -1.62. The topological polar surface area (TPSA) is 42.7 Å². The van der Waals surface area contributed by atoms with Crippen LogP contribution in [0.2, 0.25) is 0 Å². The van der Waals surface area contributed by atoms with E-state index in [-0.39, 0.29) is 5.91 Å². The molecule has 1 aliphatic heterocycles. The fourth-order valence-electron chi connectivity index (χ4n) is 2.52. The van der Waals surface area contributed by atoms with Crippen LogP contribution < -0.4 is 4.74 Å². The van der Waals surface area contributed by atoms with E-state index in [1.807, 2.05) is 41.8 Å². The lowest BCUT2D eigenvalue weighted by Gasteiger charge is -2.26. The van der Waals surface area contributed by atoms with E-state index in [9.17, 15) is 4.79 Å². The summed E-state index contributed by atoms with van der Waals surface area (Å²) in [5.74, 6) is 3.49. The molecule has 1 amide bonds. The molecule has 2 heterocycles. The summed E-state index contributed by atoms with van der Waals surface area (Å²) in [4.78, 5) is 14.6. The van der Waals surface area contributed by atoms with Gasteiger partial charge in [-0.05, 0) is 25.1 Å². The number of aryl methyl sites for hydroxylation is 1. The Kier molecular flexibility index (Phi) is 3.61. The lowest BCUT2D eigenvalue weighted by Crippen LogP contribution is -2.38. The largest absolute Gasteiger partial charge is 0.497 e. The molecule has 0 bridgehead atoms. The van der Waals surface area contributed by atoms with E-state index in [1.54, 1.807) is 7.11 Å². The molecule has 1 fully saturated rings. The molecule has 106 valence electrons. The summed E-state index contributed by atoms with van der Waals surface area (Å²) in [5, 5.41) is 0.838. The fraction of sp³-hybridized carbons (Fsp3) is 0.400. The smallest absolute Gasteiger partial charge is 0.258 e. The standard InChI is InChI=1S/C15H17NO3S/c1-10-14(15(17)16-5-7-20-8-6-16)12-9-11(18-2)3-4-13(12)19-10/h3-4,9H,5-8H2,1-2H3. The highest BCUT2D eigenvalue weighted by molar-refractivity contribution is 7.99. The molecule has 1 aliphatic rings. The molecule has 4 nitrogen and oxygen atoms in total. The average Bonchev–Trinajstić information content (AvgIpc) is 2.82. The number of nitrogens with zero attached hydrogens (tertiary/aromatic N) is 1. The lowest BCUT2D eigenvalue weighted by atomic mass is 10.1. The highest BCUT2D eigenvalue weighted by Gasteiger charge is 2.24. The van der Waals surface area contributed by atoms with Gasteiger partial charge < -0.3 is 14.1 Å². The maximum absolute atomic E-state index is 12.7. The molecular weight excluding hydrogens is 274 g/mol. The third kappa shape index (κ3) is 2.26. The normalized spacial score (nSPS) is 15.6.